The van der Waals surface area contributed by atoms with Gasteiger partial charge in [0.15, 0.2) is 6.61 Å². The Hall–Kier alpha value is -2.70. The van der Waals surface area contributed by atoms with Crippen molar-refractivity contribution in [2.24, 2.45) is 0 Å². The van der Waals surface area contributed by atoms with Gasteiger partial charge in [0.2, 0.25) is 0 Å². The Balaban J connectivity index is 1.41. The highest BCUT2D eigenvalue weighted by Gasteiger charge is 2.40. The van der Waals surface area contributed by atoms with Crippen molar-refractivity contribution in [3.8, 4) is 0 Å². The van der Waals surface area contributed by atoms with Gasteiger partial charge in [-0.25, -0.2) is 4.79 Å². The molecule has 0 bridgehead atoms. The molecule has 1 saturated heterocycles. The van der Waals surface area contributed by atoms with E-state index in [0.29, 0.717) is 18.7 Å². The Morgan fingerprint density at radius 1 is 0.867 bits per heavy atom. The van der Waals surface area contributed by atoms with Crippen LogP contribution in [0.2, 0.25) is 0 Å². The Morgan fingerprint density at radius 2 is 1.50 bits per heavy atom. The van der Waals surface area contributed by atoms with Crippen molar-refractivity contribution in [2.75, 3.05) is 19.7 Å². The van der Waals surface area contributed by atoms with Crippen LogP contribution in [0.1, 0.15) is 88.9 Å². The lowest BCUT2D eigenvalue weighted by Gasteiger charge is -2.29. The molecule has 2 fully saturated rings. The molecule has 7 nitrogen and oxygen atoms in total. The van der Waals surface area contributed by atoms with Crippen molar-refractivity contribution < 1.29 is 23.9 Å². The monoisotopic (exact) mass is 412 g/mol. The molecule has 160 valence electrons. The van der Waals surface area contributed by atoms with Gasteiger partial charge in [-0.15, -0.1) is 0 Å². The second-order valence-corrected chi connectivity index (χ2v) is 8.40. The van der Waals surface area contributed by atoms with Crippen LogP contribution < -0.4 is 0 Å². The highest BCUT2D eigenvalue weighted by atomic mass is 16.5. The number of carbonyl (C=O) groups excluding carboxylic acids is 4. The lowest BCUT2D eigenvalue weighted by molar-refractivity contribution is -0.134. The molecule has 1 aromatic carbocycles. The number of carbonyl (C=O) groups is 4. The third-order valence-electron chi connectivity index (χ3n) is 6.38. The van der Waals surface area contributed by atoms with Crippen LogP contribution in [0.5, 0.6) is 0 Å². The second kappa shape index (κ2) is 8.98. The van der Waals surface area contributed by atoms with Crippen molar-refractivity contribution in [1.82, 2.24) is 9.80 Å². The van der Waals surface area contributed by atoms with Crippen LogP contribution in [0.25, 0.3) is 0 Å². The first kappa shape index (κ1) is 20.6. The number of esters is 1. The predicted octanol–water partition coefficient (Wildman–Crippen LogP) is 3.17. The van der Waals surface area contributed by atoms with Gasteiger partial charge in [-0.05, 0) is 43.9 Å². The van der Waals surface area contributed by atoms with Crippen molar-refractivity contribution in [3.63, 3.8) is 0 Å². The van der Waals surface area contributed by atoms with E-state index in [1.165, 1.54) is 23.1 Å². The molecule has 0 radical (unpaired) electrons. The van der Waals surface area contributed by atoms with Gasteiger partial charge in [0, 0.05) is 19.1 Å². The van der Waals surface area contributed by atoms with Crippen LogP contribution in [-0.2, 0) is 9.53 Å². The quantitative estimate of drug-likeness (QED) is 0.560. The molecule has 1 aromatic rings. The number of imide groups is 1. The van der Waals surface area contributed by atoms with Crippen molar-refractivity contribution in [1.29, 1.82) is 0 Å². The largest absolute Gasteiger partial charge is 0.452 e. The molecule has 2 aliphatic heterocycles. The lowest BCUT2D eigenvalue weighted by atomic mass is 9.94. The summed E-state index contributed by atoms with van der Waals surface area (Å²) in [6.07, 6.45) is 8.99. The average Bonchev–Trinajstić information content (AvgIpc) is 2.95. The van der Waals surface area contributed by atoms with Gasteiger partial charge in [0.05, 0.1) is 16.7 Å². The van der Waals surface area contributed by atoms with E-state index in [-0.39, 0.29) is 41.5 Å². The van der Waals surface area contributed by atoms with Crippen LogP contribution in [0.4, 0.5) is 0 Å². The second-order valence-electron chi connectivity index (χ2n) is 8.40. The van der Waals surface area contributed by atoms with Crippen LogP contribution in [0.3, 0.4) is 0 Å². The van der Waals surface area contributed by atoms with Gasteiger partial charge in [-0.2, -0.15) is 0 Å². The molecular formula is C23H28N2O5. The van der Waals surface area contributed by atoms with Crippen LogP contribution in [-0.4, -0.2) is 59.2 Å². The number of likely N-dealkylation sites (tertiary alicyclic amines) is 1. The third-order valence-corrected chi connectivity index (χ3v) is 6.38. The van der Waals surface area contributed by atoms with Crippen LogP contribution >= 0.6 is 0 Å². The van der Waals surface area contributed by atoms with E-state index in [1.807, 2.05) is 0 Å². The molecule has 3 amide bonds. The number of amides is 3. The zero-order valence-electron chi connectivity index (χ0n) is 17.2. The maximum absolute atomic E-state index is 12.9. The molecule has 0 spiro atoms. The highest BCUT2D eigenvalue weighted by Crippen LogP contribution is 2.31. The van der Waals surface area contributed by atoms with Crippen molar-refractivity contribution >= 4 is 23.7 Å². The molecule has 3 aliphatic rings. The Morgan fingerprint density at radius 3 is 2.20 bits per heavy atom. The predicted molar refractivity (Wildman–Crippen MR) is 109 cm³/mol. The van der Waals surface area contributed by atoms with Gasteiger partial charge in [-0.1, -0.05) is 32.1 Å². The summed E-state index contributed by atoms with van der Waals surface area (Å²) < 4.78 is 5.21. The zero-order valence-corrected chi connectivity index (χ0v) is 17.2. The number of hydrogen-bond donors (Lipinski definition) is 0. The van der Waals surface area contributed by atoms with E-state index in [2.05, 4.69) is 0 Å². The Bertz CT molecular complexity index is 851. The van der Waals surface area contributed by atoms with E-state index in [9.17, 15) is 19.2 Å². The summed E-state index contributed by atoms with van der Waals surface area (Å²) in [6, 6.07) is 4.38. The van der Waals surface area contributed by atoms with Gasteiger partial charge >= 0.3 is 5.97 Å². The maximum Gasteiger partial charge on any atom is 0.338 e. The summed E-state index contributed by atoms with van der Waals surface area (Å²) in [6.45, 7) is 1.09. The summed E-state index contributed by atoms with van der Waals surface area (Å²) in [5.74, 6) is -1.46. The minimum Gasteiger partial charge on any atom is -0.452 e. The molecule has 0 unspecified atom stereocenters. The SMILES string of the molecule is O=C(OCC(=O)N1CCCCCC1)c1ccc2c(c1)C(=O)N(C1CCCCC1)C2=O. The summed E-state index contributed by atoms with van der Waals surface area (Å²) in [5.41, 5.74) is 0.769. The lowest BCUT2D eigenvalue weighted by Crippen LogP contribution is -2.40. The molecule has 0 atom stereocenters. The van der Waals surface area contributed by atoms with Crippen LogP contribution in [0, 0.1) is 0 Å². The summed E-state index contributed by atoms with van der Waals surface area (Å²) in [4.78, 5) is 53.5. The fourth-order valence-electron chi connectivity index (χ4n) is 4.68. The molecule has 30 heavy (non-hydrogen) atoms. The summed E-state index contributed by atoms with van der Waals surface area (Å²) in [7, 11) is 0. The minimum atomic E-state index is -0.655. The topological polar surface area (TPSA) is 84.0 Å². The average molecular weight is 412 g/mol. The molecule has 7 heteroatoms. The number of benzene rings is 1. The molecule has 4 rings (SSSR count). The Kier molecular flexibility index (Phi) is 6.16. The minimum absolute atomic E-state index is 0.0622. The fourth-order valence-corrected chi connectivity index (χ4v) is 4.68. The highest BCUT2D eigenvalue weighted by molar-refractivity contribution is 6.22. The Labute approximate surface area is 176 Å². The normalized spacial score (nSPS) is 20.1. The van der Waals surface area contributed by atoms with Gasteiger partial charge < -0.3 is 9.64 Å². The molecule has 0 aromatic heterocycles. The van der Waals surface area contributed by atoms with Gasteiger partial charge in [0.1, 0.15) is 0 Å². The number of hydrogen-bond acceptors (Lipinski definition) is 5. The van der Waals surface area contributed by atoms with Crippen LogP contribution in [0.15, 0.2) is 18.2 Å². The first-order valence-corrected chi connectivity index (χ1v) is 11.0. The number of fused-ring (bicyclic) bond motifs is 1. The van der Waals surface area contributed by atoms with E-state index < -0.39 is 5.97 Å². The smallest absolute Gasteiger partial charge is 0.338 e. The number of nitrogens with zero attached hydrogens (tertiary/aromatic N) is 2. The standard InChI is InChI=1S/C23H28N2O5/c26-20(24-12-6-1-2-7-13-24)15-30-23(29)16-10-11-18-19(14-16)22(28)25(21(18)27)17-8-4-3-5-9-17/h10-11,14,17H,1-9,12-13,15H2. The number of ether oxygens (including phenoxy) is 1. The van der Waals surface area contributed by atoms with E-state index in [0.717, 1.165) is 57.8 Å². The fraction of sp³-hybridized carbons (Fsp3) is 0.565. The first-order chi connectivity index (χ1) is 14.6. The molecule has 1 aliphatic carbocycles. The number of rotatable bonds is 4. The van der Waals surface area contributed by atoms with E-state index >= 15 is 0 Å². The molecule has 2 heterocycles. The van der Waals surface area contributed by atoms with E-state index in [1.54, 1.807) is 4.90 Å². The molecular weight excluding hydrogens is 384 g/mol. The van der Waals surface area contributed by atoms with E-state index in [4.69, 9.17) is 4.74 Å². The molecule has 1 saturated carbocycles. The summed E-state index contributed by atoms with van der Waals surface area (Å²) in [5, 5.41) is 0. The maximum atomic E-state index is 12.9. The van der Waals surface area contributed by atoms with Crippen molar-refractivity contribution in [2.45, 2.75) is 63.8 Å². The van der Waals surface area contributed by atoms with Gasteiger partial charge in [0.25, 0.3) is 17.7 Å². The molecule has 0 N–H and O–H groups in total. The van der Waals surface area contributed by atoms with Crippen molar-refractivity contribution in [3.05, 3.63) is 34.9 Å². The zero-order chi connectivity index (χ0) is 21.1. The third kappa shape index (κ3) is 4.11. The summed E-state index contributed by atoms with van der Waals surface area (Å²) >= 11 is 0. The van der Waals surface area contributed by atoms with Gasteiger partial charge in [-0.3, -0.25) is 19.3 Å². The first-order valence-electron chi connectivity index (χ1n) is 11.0.